The largest absolute Gasteiger partial charge is 0.493 e. The second-order valence-corrected chi connectivity index (χ2v) is 8.90. The first kappa shape index (κ1) is 28.0. The number of imide groups is 1. The fourth-order valence-electron chi connectivity index (χ4n) is 4.00. The summed E-state index contributed by atoms with van der Waals surface area (Å²) in [5, 5.41) is 0. The Labute approximate surface area is 230 Å². The molecule has 1 heterocycles. The van der Waals surface area contributed by atoms with E-state index in [2.05, 4.69) is 10.9 Å². The van der Waals surface area contributed by atoms with Gasteiger partial charge in [0.25, 0.3) is 11.8 Å². The van der Waals surface area contributed by atoms with Crippen LogP contribution in [-0.4, -0.2) is 56.3 Å². The highest BCUT2D eigenvalue weighted by Crippen LogP contribution is 2.27. The lowest BCUT2D eigenvalue weighted by atomic mass is 10.1. The molecule has 2 N–H and O–H groups in total. The summed E-state index contributed by atoms with van der Waals surface area (Å²) >= 11 is 0. The number of ketones is 1. The van der Waals surface area contributed by atoms with E-state index < -0.39 is 36.3 Å². The third-order valence-electron chi connectivity index (χ3n) is 6.22. The van der Waals surface area contributed by atoms with Crippen LogP contribution in [-0.2, 0) is 14.3 Å². The van der Waals surface area contributed by atoms with E-state index in [0.717, 1.165) is 10.5 Å². The highest BCUT2D eigenvalue weighted by molar-refractivity contribution is 6.22. The minimum atomic E-state index is -0.992. The van der Waals surface area contributed by atoms with Gasteiger partial charge in [-0.05, 0) is 49.4 Å². The number of nitrogens with zero attached hydrogens (tertiary/aromatic N) is 1. The molecule has 1 aliphatic heterocycles. The van der Waals surface area contributed by atoms with Crippen LogP contribution in [0.15, 0.2) is 66.7 Å². The standard InChI is InChI=1S/C29H27N3O8/c1-17-4-6-18(7-5-17)23(33)16-40-29(37)19-8-11-21(12-9-19)32-26(34)15-22(28(32)36)30-31-27(35)20-10-13-24(38-2)25(14-20)39-3/h4-14,22,30H,15-16H2,1-3H3,(H,31,35). The van der Waals surface area contributed by atoms with Gasteiger partial charge in [0, 0.05) is 11.1 Å². The molecule has 1 atom stereocenters. The number of hydrazine groups is 1. The maximum absolute atomic E-state index is 12.9. The van der Waals surface area contributed by atoms with Crippen LogP contribution in [0.25, 0.3) is 0 Å². The predicted molar refractivity (Wildman–Crippen MR) is 143 cm³/mol. The predicted octanol–water partition coefficient (Wildman–Crippen LogP) is 2.62. The number of hydrogen-bond acceptors (Lipinski definition) is 9. The van der Waals surface area contributed by atoms with Gasteiger partial charge in [-0.1, -0.05) is 29.8 Å². The van der Waals surface area contributed by atoms with E-state index in [1.54, 1.807) is 30.3 Å². The Kier molecular flexibility index (Phi) is 8.55. The summed E-state index contributed by atoms with van der Waals surface area (Å²) in [7, 11) is 2.92. The van der Waals surface area contributed by atoms with Gasteiger partial charge in [0.2, 0.25) is 5.91 Å². The average molecular weight is 546 g/mol. The lowest BCUT2D eigenvalue weighted by Gasteiger charge is -2.16. The molecule has 0 aliphatic carbocycles. The summed E-state index contributed by atoms with van der Waals surface area (Å²) in [4.78, 5) is 63.7. The van der Waals surface area contributed by atoms with Crippen LogP contribution in [0.2, 0.25) is 0 Å². The number of rotatable bonds is 10. The van der Waals surface area contributed by atoms with Gasteiger partial charge in [0.15, 0.2) is 23.9 Å². The van der Waals surface area contributed by atoms with Crippen LogP contribution in [0.4, 0.5) is 5.69 Å². The number of carbonyl (C=O) groups is 5. The minimum absolute atomic E-state index is 0.149. The van der Waals surface area contributed by atoms with Crippen molar-refractivity contribution in [1.29, 1.82) is 0 Å². The molecule has 0 bridgehead atoms. The molecule has 4 rings (SSSR count). The van der Waals surface area contributed by atoms with Crippen molar-refractivity contribution in [2.24, 2.45) is 0 Å². The van der Waals surface area contributed by atoms with Gasteiger partial charge in [-0.25, -0.2) is 15.1 Å². The molecular weight excluding hydrogens is 518 g/mol. The maximum atomic E-state index is 12.9. The summed E-state index contributed by atoms with van der Waals surface area (Å²) in [6.45, 7) is 1.48. The number of benzene rings is 3. The van der Waals surface area contributed by atoms with Crippen molar-refractivity contribution in [2.45, 2.75) is 19.4 Å². The van der Waals surface area contributed by atoms with E-state index in [4.69, 9.17) is 14.2 Å². The Morgan fingerprint density at radius 3 is 2.12 bits per heavy atom. The monoisotopic (exact) mass is 545 g/mol. The Balaban J connectivity index is 1.33. The first-order valence-corrected chi connectivity index (χ1v) is 12.2. The zero-order valence-electron chi connectivity index (χ0n) is 22.1. The zero-order chi connectivity index (χ0) is 28.8. The van der Waals surface area contributed by atoms with E-state index in [1.807, 2.05) is 6.92 Å². The van der Waals surface area contributed by atoms with Crippen molar-refractivity contribution < 1.29 is 38.2 Å². The Hall–Kier alpha value is -5.03. The summed E-state index contributed by atoms with van der Waals surface area (Å²) in [6, 6.07) is 16.1. The molecule has 40 heavy (non-hydrogen) atoms. The second kappa shape index (κ2) is 12.2. The number of Topliss-reactive ketones (excluding diaryl/α,β-unsaturated/α-hetero) is 1. The van der Waals surface area contributed by atoms with Crippen molar-refractivity contribution >= 4 is 35.2 Å². The molecule has 11 nitrogen and oxygen atoms in total. The van der Waals surface area contributed by atoms with Crippen molar-refractivity contribution in [3.05, 3.63) is 89.0 Å². The zero-order valence-corrected chi connectivity index (χ0v) is 22.1. The Morgan fingerprint density at radius 1 is 0.850 bits per heavy atom. The molecule has 1 unspecified atom stereocenters. The minimum Gasteiger partial charge on any atom is -0.493 e. The molecule has 0 aromatic heterocycles. The van der Waals surface area contributed by atoms with Gasteiger partial charge in [-0.3, -0.25) is 24.6 Å². The fraction of sp³-hybridized carbons (Fsp3) is 0.207. The van der Waals surface area contributed by atoms with Crippen LogP contribution in [0.3, 0.4) is 0 Å². The van der Waals surface area contributed by atoms with Crippen LogP contribution in [0.1, 0.15) is 43.1 Å². The normalized spacial score (nSPS) is 14.6. The lowest BCUT2D eigenvalue weighted by molar-refractivity contribution is -0.121. The molecule has 1 saturated heterocycles. The number of amides is 3. The first-order chi connectivity index (χ1) is 19.2. The lowest BCUT2D eigenvalue weighted by Crippen LogP contribution is -2.48. The molecule has 11 heteroatoms. The number of carbonyl (C=O) groups excluding carboxylic acids is 5. The van der Waals surface area contributed by atoms with Crippen LogP contribution < -0.4 is 25.2 Å². The number of nitrogens with one attached hydrogen (secondary N) is 2. The van der Waals surface area contributed by atoms with E-state index in [1.165, 1.54) is 50.6 Å². The van der Waals surface area contributed by atoms with E-state index in [0.29, 0.717) is 17.1 Å². The van der Waals surface area contributed by atoms with E-state index in [-0.39, 0.29) is 29.0 Å². The SMILES string of the molecule is COc1ccc(C(=O)NNC2CC(=O)N(c3ccc(C(=O)OCC(=O)c4ccc(C)cc4)cc3)C2=O)cc1OC. The van der Waals surface area contributed by atoms with Crippen molar-refractivity contribution in [2.75, 3.05) is 25.7 Å². The smallest absolute Gasteiger partial charge is 0.338 e. The molecule has 3 aromatic carbocycles. The number of esters is 1. The Bertz CT molecular complexity index is 1450. The molecule has 1 fully saturated rings. The second-order valence-electron chi connectivity index (χ2n) is 8.90. The molecule has 0 radical (unpaired) electrons. The highest BCUT2D eigenvalue weighted by atomic mass is 16.5. The number of anilines is 1. The van der Waals surface area contributed by atoms with Crippen molar-refractivity contribution in [3.63, 3.8) is 0 Å². The fourth-order valence-corrected chi connectivity index (χ4v) is 4.00. The number of hydrogen-bond donors (Lipinski definition) is 2. The highest BCUT2D eigenvalue weighted by Gasteiger charge is 2.39. The number of methoxy groups -OCH3 is 2. The van der Waals surface area contributed by atoms with E-state index in [9.17, 15) is 24.0 Å². The first-order valence-electron chi connectivity index (χ1n) is 12.2. The number of aryl methyl sites for hydroxylation is 1. The quantitative estimate of drug-likeness (QED) is 0.170. The maximum Gasteiger partial charge on any atom is 0.338 e. The van der Waals surface area contributed by atoms with Crippen LogP contribution in [0.5, 0.6) is 11.5 Å². The van der Waals surface area contributed by atoms with Gasteiger partial charge in [-0.15, -0.1) is 0 Å². The number of ether oxygens (including phenoxy) is 3. The van der Waals surface area contributed by atoms with E-state index >= 15 is 0 Å². The molecule has 3 amide bonds. The third-order valence-corrected chi connectivity index (χ3v) is 6.22. The van der Waals surface area contributed by atoms with Crippen molar-refractivity contribution in [1.82, 2.24) is 10.9 Å². The summed E-state index contributed by atoms with van der Waals surface area (Å²) in [5.74, 6) is -1.84. The van der Waals surface area contributed by atoms with Gasteiger partial charge in [0.05, 0.1) is 31.9 Å². The van der Waals surface area contributed by atoms with Crippen LogP contribution >= 0.6 is 0 Å². The third kappa shape index (κ3) is 6.16. The molecular formula is C29H27N3O8. The molecule has 0 spiro atoms. The summed E-state index contributed by atoms with van der Waals surface area (Å²) in [5.41, 5.74) is 7.14. The topological polar surface area (TPSA) is 140 Å². The average Bonchev–Trinajstić information content (AvgIpc) is 3.26. The van der Waals surface area contributed by atoms with Gasteiger partial charge in [-0.2, -0.15) is 0 Å². The molecule has 1 aliphatic rings. The Morgan fingerprint density at radius 2 is 1.48 bits per heavy atom. The van der Waals surface area contributed by atoms with Gasteiger partial charge in [0.1, 0.15) is 6.04 Å². The van der Waals surface area contributed by atoms with Crippen LogP contribution in [0, 0.1) is 6.92 Å². The van der Waals surface area contributed by atoms with Crippen molar-refractivity contribution in [3.8, 4) is 11.5 Å². The van der Waals surface area contributed by atoms with Gasteiger partial charge < -0.3 is 14.2 Å². The summed E-state index contributed by atoms with van der Waals surface area (Å²) in [6.07, 6.45) is -0.185. The molecule has 0 saturated carbocycles. The molecule has 3 aromatic rings. The van der Waals surface area contributed by atoms with Gasteiger partial charge >= 0.3 is 5.97 Å². The molecule has 206 valence electrons. The summed E-state index contributed by atoms with van der Waals surface area (Å²) < 4.78 is 15.5.